The molecule has 8 heteroatoms. The van der Waals surface area contributed by atoms with Crippen LogP contribution >= 0.6 is 11.8 Å². The van der Waals surface area contributed by atoms with Crippen LogP contribution in [0.1, 0.15) is 10.4 Å². The van der Waals surface area contributed by atoms with Crippen molar-refractivity contribution in [2.24, 2.45) is 0 Å². The molecule has 0 atom stereocenters. The van der Waals surface area contributed by atoms with Crippen molar-refractivity contribution < 1.29 is 23.1 Å². The zero-order valence-electron chi connectivity index (χ0n) is 12.6. The predicted octanol–water partition coefficient (Wildman–Crippen LogP) is 2.53. The molecule has 0 aliphatic rings. The van der Waals surface area contributed by atoms with Gasteiger partial charge in [-0.3, -0.25) is 20.4 Å². The van der Waals surface area contributed by atoms with Crippen molar-refractivity contribution in [2.75, 3.05) is 12.9 Å². The highest BCUT2D eigenvalue weighted by atomic mass is 32.2. The van der Waals surface area contributed by atoms with Crippen molar-refractivity contribution >= 4 is 23.6 Å². The van der Waals surface area contributed by atoms with E-state index in [1.807, 2.05) is 0 Å². The highest BCUT2D eigenvalue weighted by Crippen LogP contribution is 2.20. The van der Waals surface area contributed by atoms with Crippen LogP contribution in [0.25, 0.3) is 0 Å². The summed E-state index contributed by atoms with van der Waals surface area (Å²) in [5.41, 5.74) is 4.01. The minimum Gasteiger partial charge on any atom is -0.497 e. The number of halogens is 2. The molecule has 0 saturated heterocycles. The van der Waals surface area contributed by atoms with Crippen LogP contribution in [-0.4, -0.2) is 24.7 Å². The number of carbonyl (C=O) groups is 2. The maximum atomic E-state index is 13.7. The van der Waals surface area contributed by atoms with Gasteiger partial charge in [0.15, 0.2) is 0 Å². The number of benzene rings is 2. The number of rotatable bonds is 5. The standard InChI is InChI=1S/C16H14F2N2O3S/c1-23-10-6-7-11(13(18)8-10)16(22)20-19-15(21)9-24-14-5-3-2-4-12(14)17/h2-8H,9H2,1H3,(H,19,21)(H,20,22). The largest absolute Gasteiger partial charge is 0.497 e. The number of hydrogen-bond donors (Lipinski definition) is 2. The maximum Gasteiger partial charge on any atom is 0.272 e. The second-order valence-electron chi connectivity index (χ2n) is 4.57. The van der Waals surface area contributed by atoms with Gasteiger partial charge in [0.05, 0.1) is 18.4 Å². The Bertz CT molecular complexity index is 756. The van der Waals surface area contributed by atoms with Crippen molar-refractivity contribution in [1.82, 2.24) is 10.9 Å². The van der Waals surface area contributed by atoms with Crippen molar-refractivity contribution in [2.45, 2.75) is 4.90 Å². The van der Waals surface area contributed by atoms with E-state index in [9.17, 15) is 18.4 Å². The van der Waals surface area contributed by atoms with Gasteiger partial charge in [0.2, 0.25) is 5.91 Å². The normalized spacial score (nSPS) is 10.1. The SMILES string of the molecule is COc1ccc(C(=O)NNC(=O)CSc2ccccc2F)c(F)c1. The minimum atomic E-state index is -0.806. The Balaban J connectivity index is 1.85. The van der Waals surface area contributed by atoms with E-state index in [1.54, 1.807) is 18.2 Å². The van der Waals surface area contributed by atoms with Gasteiger partial charge in [0.1, 0.15) is 17.4 Å². The van der Waals surface area contributed by atoms with Crippen molar-refractivity contribution in [1.29, 1.82) is 0 Å². The average molecular weight is 352 g/mol. The van der Waals surface area contributed by atoms with E-state index in [-0.39, 0.29) is 17.1 Å². The van der Waals surface area contributed by atoms with Crippen LogP contribution in [-0.2, 0) is 4.79 Å². The molecular weight excluding hydrogens is 338 g/mol. The monoisotopic (exact) mass is 352 g/mol. The summed E-state index contributed by atoms with van der Waals surface area (Å²) in [5.74, 6) is -2.40. The molecule has 0 heterocycles. The molecule has 0 aromatic heterocycles. The predicted molar refractivity (Wildman–Crippen MR) is 85.7 cm³/mol. The van der Waals surface area contributed by atoms with Crippen LogP contribution in [0.5, 0.6) is 5.75 Å². The summed E-state index contributed by atoms with van der Waals surface area (Å²) in [5, 5.41) is 0. The number of hydrogen-bond acceptors (Lipinski definition) is 4. The zero-order chi connectivity index (χ0) is 17.5. The number of carbonyl (C=O) groups excluding carboxylic acids is 2. The van der Waals surface area contributed by atoms with Gasteiger partial charge < -0.3 is 4.74 Å². The Labute approximate surface area is 141 Å². The third-order valence-electron chi connectivity index (χ3n) is 2.93. The number of nitrogens with one attached hydrogen (secondary N) is 2. The fourth-order valence-electron chi connectivity index (χ4n) is 1.74. The van der Waals surface area contributed by atoms with Gasteiger partial charge in [-0.05, 0) is 24.3 Å². The van der Waals surface area contributed by atoms with Gasteiger partial charge in [-0.1, -0.05) is 12.1 Å². The van der Waals surface area contributed by atoms with Gasteiger partial charge >= 0.3 is 0 Å². The molecule has 0 unspecified atom stereocenters. The molecule has 2 aromatic carbocycles. The van der Waals surface area contributed by atoms with Crippen molar-refractivity contribution in [3.05, 3.63) is 59.7 Å². The van der Waals surface area contributed by atoms with Crippen LogP contribution in [0.3, 0.4) is 0 Å². The summed E-state index contributed by atoms with van der Waals surface area (Å²) in [6, 6.07) is 9.75. The van der Waals surface area contributed by atoms with Gasteiger partial charge in [-0.15, -0.1) is 11.8 Å². The number of hydrazine groups is 1. The van der Waals surface area contributed by atoms with E-state index >= 15 is 0 Å². The van der Waals surface area contributed by atoms with Crippen molar-refractivity contribution in [3.63, 3.8) is 0 Å². The lowest BCUT2D eigenvalue weighted by atomic mass is 10.2. The van der Waals surface area contributed by atoms with Gasteiger partial charge in [0.25, 0.3) is 5.91 Å². The van der Waals surface area contributed by atoms with Crippen LogP contribution in [0, 0.1) is 11.6 Å². The second-order valence-corrected chi connectivity index (χ2v) is 5.58. The topological polar surface area (TPSA) is 67.4 Å². The quantitative estimate of drug-likeness (QED) is 0.641. The van der Waals surface area contributed by atoms with Crippen LogP contribution in [0.2, 0.25) is 0 Å². The molecule has 0 saturated carbocycles. The molecule has 0 bridgehead atoms. The molecule has 0 spiro atoms. The summed E-state index contributed by atoms with van der Waals surface area (Å²) in [4.78, 5) is 23.8. The Hall–Kier alpha value is -2.61. The second kappa shape index (κ2) is 8.30. The van der Waals surface area contributed by atoms with E-state index < -0.39 is 23.4 Å². The lowest BCUT2D eigenvalue weighted by Crippen LogP contribution is -2.42. The third kappa shape index (κ3) is 4.69. The molecule has 5 nitrogen and oxygen atoms in total. The lowest BCUT2D eigenvalue weighted by Gasteiger charge is -2.09. The molecule has 2 rings (SSSR count). The molecule has 2 aromatic rings. The first-order valence-electron chi connectivity index (χ1n) is 6.81. The van der Waals surface area contributed by atoms with E-state index in [1.165, 1.54) is 25.3 Å². The highest BCUT2D eigenvalue weighted by Gasteiger charge is 2.13. The smallest absolute Gasteiger partial charge is 0.272 e. The Morgan fingerprint density at radius 2 is 1.83 bits per heavy atom. The molecule has 0 aliphatic carbocycles. The van der Waals surface area contributed by atoms with E-state index in [4.69, 9.17) is 4.74 Å². The molecule has 0 aliphatic heterocycles. The molecular formula is C16H14F2N2O3S. The molecule has 2 N–H and O–H groups in total. The number of ether oxygens (including phenoxy) is 1. The van der Waals surface area contributed by atoms with Gasteiger partial charge in [0, 0.05) is 11.0 Å². The summed E-state index contributed by atoms with van der Waals surface area (Å²) in [6.45, 7) is 0. The first-order chi connectivity index (χ1) is 11.5. The Morgan fingerprint density at radius 1 is 1.08 bits per heavy atom. The molecule has 126 valence electrons. The lowest BCUT2D eigenvalue weighted by molar-refractivity contribution is -0.119. The maximum absolute atomic E-state index is 13.7. The van der Waals surface area contributed by atoms with E-state index in [0.717, 1.165) is 17.8 Å². The zero-order valence-corrected chi connectivity index (χ0v) is 13.5. The Kier molecular flexibility index (Phi) is 6.14. The summed E-state index contributed by atoms with van der Waals surface area (Å²) in [6.07, 6.45) is 0. The first-order valence-corrected chi connectivity index (χ1v) is 7.80. The van der Waals surface area contributed by atoms with Crippen LogP contribution < -0.4 is 15.6 Å². The van der Waals surface area contributed by atoms with E-state index in [0.29, 0.717) is 4.90 Å². The molecule has 0 fully saturated rings. The Morgan fingerprint density at radius 3 is 2.50 bits per heavy atom. The third-order valence-corrected chi connectivity index (χ3v) is 3.98. The van der Waals surface area contributed by atoms with Crippen molar-refractivity contribution in [3.8, 4) is 5.75 Å². The summed E-state index contributed by atoms with van der Waals surface area (Å²) >= 11 is 0.982. The number of amides is 2. The number of methoxy groups -OCH3 is 1. The highest BCUT2D eigenvalue weighted by molar-refractivity contribution is 8.00. The summed E-state index contributed by atoms with van der Waals surface area (Å²) in [7, 11) is 1.38. The molecule has 2 amide bonds. The van der Waals surface area contributed by atoms with Gasteiger partial charge in [-0.2, -0.15) is 0 Å². The minimum absolute atomic E-state index is 0.105. The van der Waals surface area contributed by atoms with Crippen LogP contribution in [0.4, 0.5) is 8.78 Å². The fourth-order valence-corrected chi connectivity index (χ4v) is 2.48. The number of thioether (sulfide) groups is 1. The average Bonchev–Trinajstić information content (AvgIpc) is 2.58. The van der Waals surface area contributed by atoms with E-state index in [2.05, 4.69) is 10.9 Å². The molecule has 0 radical (unpaired) electrons. The van der Waals surface area contributed by atoms with Gasteiger partial charge in [-0.25, -0.2) is 8.78 Å². The van der Waals surface area contributed by atoms with Crippen LogP contribution in [0.15, 0.2) is 47.4 Å². The first kappa shape index (κ1) is 17.7. The molecule has 24 heavy (non-hydrogen) atoms. The fraction of sp³-hybridized carbons (Fsp3) is 0.125. The summed E-state index contributed by atoms with van der Waals surface area (Å²) < 4.78 is 32.0.